The van der Waals surface area contributed by atoms with E-state index in [1.165, 1.54) is 17.4 Å². The second-order valence-electron chi connectivity index (χ2n) is 5.94. The average molecular weight is 380 g/mol. The molecule has 0 aliphatic carbocycles. The summed E-state index contributed by atoms with van der Waals surface area (Å²) >= 11 is 1.20. The van der Waals surface area contributed by atoms with Crippen molar-refractivity contribution in [3.05, 3.63) is 76.8 Å². The molecule has 2 nitrogen and oxygen atoms in total. The van der Waals surface area contributed by atoms with Crippen LogP contribution in [0.15, 0.2) is 60.7 Å². The van der Waals surface area contributed by atoms with Crippen LogP contribution >= 0.6 is 11.3 Å². The van der Waals surface area contributed by atoms with Crippen molar-refractivity contribution in [2.75, 3.05) is 0 Å². The molecule has 132 valence electrons. The van der Waals surface area contributed by atoms with Gasteiger partial charge in [0.15, 0.2) is 0 Å². The van der Waals surface area contributed by atoms with Gasteiger partial charge in [-0.15, -0.1) is 11.3 Å². The van der Waals surface area contributed by atoms with Crippen LogP contribution in [0.25, 0.3) is 32.6 Å². The van der Waals surface area contributed by atoms with Crippen LogP contribution in [0.1, 0.15) is 16.1 Å². The van der Waals surface area contributed by atoms with Crippen molar-refractivity contribution in [3.8, 4) is 6.07 Å². The minimum Gasteiger partial charge on any atom is -0.235 e. The van der Waals surface area contributed by atoms with Crippen molar-refractivity contribution >= 4 is 44.0 Å². The lowest BCUT2D eigenvalue weighted by atomic mass is 10.0. The number of benzene rings is 3. The minimum absolute atomic E-state index is 0.240. The molecule has 0 saturated carbocycles. The summed E-state index contributed by atoms with van der Waals surface area (Å²) < 4.78 is 39.3. The monoisotopic (exact) mass is 380 g/mol. The number of rotatable bonds is 2. The van der Waals surface area contributed by atoms with Gasteiger partial charge in [-0.1, -0.05) is 42.5 Å². The summed E-state index contributed by atoms with van der Waals surface area (Å²) in [5.74, 6) is 0. The number of hydrogen-bond donors (Lipinski definition) is 0. The Morgan fingerprint density at radius 2 is 1.81 bits per heavy atom. The highest BCUT2D eigenvalue weighted by atomic mass is 32.1. The Morgan fingerprint density at radius 1 is 1.04 bits per heavy atom. The van der Waals surface area contributed by atoms with E-state index in [0.717, 1.165) is 28.5 Å². The van der Waals surface area contributed by atoms with Gasteiger partial charge < -0.3 is 0 Å². The molecule has 0 spiro atoms. The zero-order valence-electron chi connectivity index (χ0n) is 13.8. The summed E-state index contributed by atoms with van der Waals surface area (Å²) in [7, 11) is 0. The number of fused-ring (bicyclic) bond motifs is 2. The Balaban J connectivity index is 1.83. The smallest absolute Gasteiger partial charge is 0.235 e. The molecule has 1 heterocycles. The van der Waals surface area contributed by atoms with Gasteiger partial charge in [-0.3, -0.25) is 0 Å². The molecule has 0 unspecified atom stereocenters. The van der Waals surface area contributed by atoms with Gasteiger partial charge in [-0.05, 0) is 40.6 Å². The van der Waals surface area contributed by atoms with Gasteiger partial charge in [0.05, 0.1) is 21.4 Å². The van der Waals surface area contributed by atoms with Gasteiger partial charge in [-0.25, -0.2) is 4.98 Å². The van der Waals surface area contributed by atoms with Crippen LogP contribution in [-0.4, -0.2) is 4.98 Å². The van der Waals surface area contributed by atoms with E-state index in [2.05, 4.69) is 11.1 Å². The molecule has 1 aromatic heterocycles. The molecule has 4 rings (SSSR count). The molecule has 0 fully saturated rings. The lowest BCUT2D eigenvalue weighted by molar-refractivity contribution is -0.137. The lowest BCUT2D eigenvalue weighted by Crippen LogP contribution is -2.03. The van der Waals surface area contributed by atoms with Crippen molar-refractivity contribution < 1.29 is 13.2 Å². The zero-order chi connectivity index (χ0) is 19.0. The molecule has 4 aromatic rings. The van der Waals surface area contributed by atoms with E-state index in [-0.39, 0.29) is 5.52 Å². The van der Waals surface area contributed by atoms with Crippen LogP contribution in [0, 0.1) is 11.3 Å². The van der Waals surface area contributed by atoms with E-state index in [9.17, 15) is 18.4 Å². The first-order valence-corrected chi connectivity index (χ1v) is 8.85. The predicted octanol–water partition coefficient (Wildman–Crippen LogP) is 6.53. The fraction of sp³-hybridized carbons (Fsp3) is 0.0476. The first kappa shape index (κ1) is 17.3. The van der Waals surface area contributed by atoms with E-state index in [1.807, 2.05) is 42.5 Å². The van der Waals surface area contributed by atoms with Gasteiger partial charge in [0.1, 0.15) is 11.1 Å². The number of hydrogen-bond acceptors (Lipinski definition) is 3. The van der Waals surface area contributed by atoms with E-state index in [4.69, 9.17) is 0 Å². The predicted molar refractivity (Wildman–Crippen MR) is 102 cm³/mol. The third kappa shape index (κ3) is 3.29. The molecule has 0 bridgehead atoms. The molecule has 0 atom stereocenters. The number of allylic oxidation sites excluding steroid dienone is 1. The van der Waals surface area contributed by atoms with Gasteiger partial charge in [-0.2, -0.15) is 18.4 Å². The summed E-state index contributed by atoms with van der Waals surface area (Å²) in [5, 5.41) is 12.0. The number of nitrogens with zero attached hydrogens (tertiary/aromatic N) is 2. The van der Waals surface area contributed by atoms with Gasteiger partial charge in [0.25, 0.3) is 0 Å². The van der Waals surface area contributed by atoms with Gasteiger partial charge in [0.2, 0.25) is 0 Å². The quantitative estimate of drug-likeness (QED) is 0.371. The molecule has 3 aromatic carbocycles. The topological polar surface area (TPSA) is 36.7 Å². The second kappa shape index (κ2) is 6.53. The molecular weight excluding hydrogens is 369 g/mol. The standard InChI is InChI=1S/C21H11F3N2S/c22-21(23,24)16-8-9-19-18(11-16)26-20(27-19)15(12-25)10-14-6-3-5-13-4-1-2-7-17(13)14/h1-11H. The summed E-state index contributed by atoms with van der Waals surface area (Å²) in [6, 6.07) is 19.1. The number of alkyl halides is 3. The third-order valence-electron chi connectivity index (χ3n) is 4.19. The first-order chi connectivity index (χ1) is 13.0. The third-order valence-corrected chi connectivity index (χ3v) is 5.26. The lowest BCUT2D eigenvalue weighted by Gasteiger charge is -2.04. The van der Waals surface area contributed by atoms with E-state index >= 15 is 0 Å². The molecule has 6 heteroatoms. The van der Waals surface area contributed by atoms with E-state index < -0.39 is 11.7 Å². The van der Waals surface area contributed by atoms with Gasteiger partial charge in [0, 0.05) is 0 Å². The molecule has 0 aliphatic rings. The van der Waals surface area contributed by atoms with Crippen molar-refractivity contribution in [1.82, 2.24) is 4.98 Å². The molecule has 0 N–H and O–H groups in total. The number of aromatic nitrogens is 1. The van der Waals surface area contributed by atoms with Crippen LogP contribution in [0.4, 0.5) is 13.2 Å². The van der Waals surface area contributed by atoms with Crippen LogP contribution < -0.4 is 0 Å². The average Bonchev–Trinajstić information content (AvgIpc) is 3.08. The molecule has 27 heavy (non-hydrogen) atoms. The van der Waals surface area contributed by atoms with Crippen LogP contribution in [0.2, 0.25) is 0 Å². The first-order valence-electron chi connectivity index (χ1n) is 8.03. The Kier molecular flexibility index (Phi) is 4.17. The van der Waals surface area contributed by atoms with Crippen molar-refractivity contribution in [3.63, 3.8) is 0 Å². The van der Waals surface area contributed by atoms with Crippen LogP contribution in [0.5, 0.6) is 0 Å². The Hall–Kier alpha value is -3.17. The highest BCUT2D eigenvalue weighted by molar-refractivity contribution is 7.19. The maximum Gasteiger partial charge on any atom is 0.416 e. The fourth-order valence-electron chi connectivity index (χ4n) is 2.89. The molecule has 0 amide bonds. The Morgan fingerprint density at radius 3 is 2.59 bits per heavy atom. The van der Waals surface area contributed by atoms with Crippen LogP contribution in [0.3, 0.4) is 0 Å². The Bertz CT molecular complexity index is 1220. The minimum atomic E-state index is -4.42. The van der Waals surface area contributed by atoms with Crippen LogP contribution in [-0.2, 0) is 6.18 Å². The fourth-order valence-corrected chi connectivity index (χ4v) is 3.80. The highest BCUT2D eigenvalue weighted by Crippen LogP contribution is 2.34. The maximum atomic E-state index is 12.9. The highest BCUT2D eigenvalue weighted by Gasteiger charge is 2.30. The summed E-state index contributed by atoms with van der Waals surface area (Å²) in [5.41, 5.74) is 0.674. The van der Waals surface area contributed by atoms with Crippen molar-refractivity contribution in [2.45, 2.75) is 6.18 Å². The second-order valence-corrected chi connectivity index (χ2v) is 6.97. The summed E-state index contributed by atoms with van der Waals surface area (Å²) in [6.45, 7) is 0. The van der Waals surface area contributed by atoms with Crippen molar-refractivity contribution in [1.29, 1.82) is 5.26 Å². The number of nitriles is 1. The molecule has 0 aliphatic heterocycles. The van der Waals surface area contributed by atoms with Crippen molar-refractivity contribution in [2.24, 2.45) is 0 Å². The number of thiazole rings is 1. The van der Waals surface area contributed by atoms with Gasteiger partial charge >= 0.3 is 6.18 Å². The normalized spacial score (nSPS) is 12.4. The van der Waals surface area contributed by atoms with E-state index in [1.54, 1.807) is 6.08 Å². The molecular formula is C21H11F3N2S. The zero-order valence-corrected chi connectivity index (χ0v) is 14.6. The number of halogens is 3. The maximum absolute atomic E-state index is 12.9. The molecule has 0 radical (unpaired) electrons. The Labute approximate surface area is 156 Å². The summed E-state index contributed by atoms with van der Waals surface area (Å²) in [4.78, 5) is 4.26. The largest absolute Gasteiger partial charge is 0.416 e. The molecule has 0 saturated heterocycles. The summed E-state index contributed by atoms with van der Waals surface area (Å²) in [6.07, 6.45) is -2.69. The van der Waals surface area contributed by atoms with E-state index in [0.29, 0.717) is 15.3 Å². The SMILES string of the molecule is N#CC(=Cc1cccc2ccccc12)c1nc2cc(C(F)(F)F)ccc2s1.